The molecule has 0 fully saturated rings. The number of thiocarbonyl (C=S) groups is 1. The molecule has 2 aromatic rings. The van der Waals surface area contributed by atoms with Crippen molar-refractivity contribution < 1.29 is 23.8 Å². The smallest absolute Gasteiger partial charge is 0.341 e. The van der Waals surface area contributed by atoms with Gasteiger partial charge in [0.1, 0.15) is 16.5 Å². The van der Waals surface area contributed by atoms with Crippen molar-refractivity contribution >= 4 is 45.5 Å². The van der Waals surface area contributed by atoms with Gasteiger partial charge in [-0.2, -0.15) is 0 Å². The van der Waals surface area contributed by atoms with Crippen molar-refractivity contribution in [2.75, 3.05) is 25.6 Å². The number of nitrogens with one attached hydrogen (secondary N) is 2. The van der Waals surface area contributed by atoms with Crippen LogP contribution in [0.5, 0.6) is 11.5 Å². The molecular weight excluding hydrogens is 424 g/mol. The SMILES string of the molecule is CCOC(=O)c1c(NC(=S)NC(=O)COc2ccc(OC)cc2)sc2c1CCCC2. The first kappa shape index (κ1) is 22.0. The number of thiophene rings is 1. The lowest BCUT2D eigenvalue weighted by Crippen LogP contribution is -2.37. The molecule has 2 N–H and O–H groups in total. The molecule has 30 heavy (non-hydrogen) atoms. The third-order valence-corrected chi connectivity index (χ3v) is 5.97. The molecule has 1 heterocycles. The van der Waals surface area contributed by atoms with Crippen LogP contribution in [0.1, 0.15) is 40.6 Å². The highest BCUT2D eigenvalue weighted by molar-refractivity contribution is 7.80. The van der Waals surface area contributed by atoms with Crippen LogP contribution in [0.25, 0.3) is 0 Å². The number of aryl methyl sites for hydroxylation is 1. The van der Waals surface area contributed by atoms with Crippen molar-refractivity contribution in [2.24, 2.45) is 0 Å². The van der Waals surface area contributed by atoms with Crippen molar-refractivity contribution in [3.05, 3.63) is 40.3 Å². The molecule has 7 nitrogen and oxygen atoms in total. The number of benzene rings is 1. The summed E-state index contributed by atoms with van der Waals surface area (Å²) in [6.45, 7) is 1.88. The maximum atomic E-state index is 12.5. The van der Waals surface area contributed by atoms with Gasteiger partial charge < -0.3 is 19.5 Å². The second kappa shape index (κ2) is 10.4. The van der Waals surface area contributed by atoms with Crippen LogP contribution in [-0.2, 0) is 22.4 Å². The fraction of sp³-hybridized carbons (Fsp3) is 0.381. The molecule has 3 rings (SSSR count). The van der Waals surface area contributed by atoms with E-state index in [1.54, 1.807) is 38.3 Å². The first-order chi connectivity index (χ1) is 14.5. The van der Waals surface area contributed by atoms with E-state index in [9.17, 15) is 9.59 Å². The topological polar surface area (TPSA) is 85.9 Å². The van der Waals surface area contributed by atoms with E-state index in [2.05, 4.69) is 10.6 Å². The van der Waals surface area contributed by atoms with Crippen LogP contribution in [0.3, 0.4) is 0 Å². The van der Waals surface area contributed by atoms with Gasteiger partial charge >= 0.3 is 5.97 Å². The largest absolute Gasteiger partial charge is 0.497 e. The van der Waals surface area contributed by atoms with Crippen molar-refractivity contribution in [3.8, 4) is 11.5 Å². The van der Waals surface area contributed by atoms with Crippen LogP contribution in [0.15, 0.2) is 24.3 Å². The number of anilines is 1. The number of esters is 1. The molecule has 0 unspecified atom stereocenters. The molecule has 0 spiro atoms. The maximum absolute atomic E-state index is 12.5. The third kappa shape index (κ3) is 5.48. The van der Waals surface area contributed by atoms with Gasteiger partial charge in [-0.1, -0.05) is 0 Å². The van der Waals surface area contributed by atoms with Crippen LogP contribution in [0.2, 0.25) is 0 Å². The van der Waals surface area contributed by atoms with Gasteiger partial charge in [-0.15, -0.1) is 11.3 Å². The lowest BCUT2D eigenvalue weighted by atomic mass is 9.95. The van der Waals surface area contributed by atoms with E-state index in [0.717, 1.165) is 31.2 Å². The molecule has 0 radical (unpaired) electrons. The lowest BCUT2D eigenvalue weighted by Gasteiger charge is -2.13. The van der Waals surface area contributed by atoms with Crippen LogP contribution in [0, 0.1) is 0 Å². The molecule has 0 aliphatic heterocycles. The number of amides is 1. The van der Waals surface area contributed by atoms with Crippen LogP contribution in [0.4, 0.5) is 5.00 Å². The molecule has 1 aromatic heterocycles. The summed E-state index contributed by atoms with van der Waals surface area (Å²) in [4.78, 5) is 25.8. The van der Waals surface area contributed by atoms with Gasteiger partial charge in [-0.3, -0.25) is 10.1 Å². The monoisotopic (exact) mass is 448 g/mol. The van der Waals surface area contributed by atoms with Crippen molar-refractivity contribution in [1.82, 2.24) is 5.32 Å². The van der Waals surface area contributed by atoms with Crippen LogP contribution in [-0.4, -0.2) is 37.3 Å². The fourth-order valence-electron chi connectivity index (χ4n) is 3.19. The molecule has 1 aliphatic rings. The fourth-order valence-corrected chi connectivity index (χ4v) is 4.75. The number of fused-ring (bicyclic) bond motifs is 1. The normalized spacial score (nSPS) is 12.5. The van der Waals surface area contributed by atoms with Crippen molar-refractivity contribution in [1.29, 1.82) is 0 Å². The first-order valence-corrected chi connectivity index (χ1v) is 10.9. The summed E-state index contributed by atoms with van der Waals surface area (Å²) in [5, 5.41) is 6.31. The predicted molar refractivity (Wildman–Crippen MR) is 120 cm³/mol. The number of ether oxygens (including phenoxy) is 3. The molecule has 0 saturated carbocycles. The zero-order valence-corrected chi connectivity index (χ0v) is 18.5. The number of carbonyl (C=O) groups excluding carboxylic acids is 2. The zero-order valence-electron chi connectivity index (χ0n) is 16.9. The molecule has 9 heteroatoms. The average Bonchev–Trinajstić information content (AvgIpc) is 3.10. The molecule has 160 valence electrons. The summed E-state index contributed by atoms with van der Waals surface area (Å²) in [6, 6.07) is 6.92. The highest BCUT2D eigenvalue weighted by Gasteiger charge is 2.27. The summed E-state index contributed by atoms with van der Waals surface area (Å²) in [5.74, 6) is 0.479. The standard InChI is InChI=1S/C21H24N2O5S2/c1-3-27-20(25)18-15-6-4-5-7-16(15)30-19(18)23-21(29)22-17(24)12-28-14-10-8-13(26-2)9-11-14/h8-11H,3-7,12H2,1-2H3,(H2,22,23,24,29). The minimum Gasteiger partial charge on any atom is -0.497 e. The summed E-state index contributed by atoms with van der Waals surface area (Å²) in [5.41, 5.74) is 1.56. The maximum Gasteiger partial charge on any atom is 0.341 e. The zero-order chi connectivity index (χ0) is 21.5. The van der Waals surface area contributed by atoms with Gasteiger partial charge in [0.15, 0.2) is 11.7 Å². The van der Waals surface area contributed by atoms with Gasteiger partial charge in [0, 0.05) is 4.88 Å². The van der Waals surface area contributed by atoms with E-state index in [4.69, 9.17) is 26.4 Å². The van der Waals surface area contributed by atoms with Crippen LogP contribution >= 0.6 is 23.6 Å². The van der Waals surface area contributed by atoms with Gasteiger partial charge in [0.2, 0.25) is 0 Å². The Balaban J connectivity index is 1.60. The molecular formula is C21H24N2O5S2. The summed E-state index contributed by atoms with van der Waals surface area (Å²) >= 11 is 6.76. The lowest BCUT2D eigenvalue weighted by molar-refractivity contribution is -0.121. The van der Waals surface area contributed by atoms with Crippen LogP contribution < -0.4 is 20.1 Å². The van der Waals surface area contributed by atoms with Crippen molar-refractivity contribution in [3.63, 3.8) is 0 Å². The molecule has 0 atom stereocenters. The minimum atomic E-state index is -0.401. The summed E-state index contributed by atoms with van der Waals surface area (Å²) in [6.07, 6.45) is 3.91. The van der Waals surface area contributed by atoms with E-state index in [1.807, 2.05) is 0 Å². The van der Waals surface area contributed by atoms with E-state index in [0.29, 0.717) is 28.7 Å². The van der Waals surface area contributed by atoms with Gasteiger partial charge in [-0.05, 0) is 74.7 Å². The Morgan fingerprint density at radius 2 is 1.83 bits per heavy atom. The predicted octanol–water partition coefficient (Wildman–Crippen LogP) is 3.70. The van der Waals surface area contributed by atoms with Crippen molar-refractivity contribution in [2.45, 2.75) is 32.6 Å². The Bertz CT molecular complexity index is 924. The highest BCUT2D eigenvalue weighted by Crippen LogP contribution is 2.38. The number of rotatable bonds is 7. The van der Waals surface area contributed by atoms with E-state index in [1.165, 1.54) is 16.2 Å². The quantitative estimate of drug-likeness (QED) is 0.493. The average molecular weight is 449 g/mol. The molecule has 0 saturated heterocycles. The Kier molecular flexibility index (Phi) is 7.64. The van der Waals surface area contributed by atoms with E-state index in [-0.39, 0.29) is 17.7 Å². The highest BCUT2D eigenvalue weighted by atomic mass is 32.1. The number of methoxy groups -OCH3 is 1. The Morgan fingerprint density at radius 3 is 2.53 bits per heavy atom. The minimum absolute atomic E-state index is 0.113. The molecule has 1 aromatic carbocycles. The Labute approximate surface area is 184 Å². The Morgan fingerprint density at radius 1 is 1.13 bits per heavy atom. The first-order valence-electron chi connectivity index (χ1n) is 9.71. The van der Waals surface area contributed by atoms with E-state index >= 15 is 0 Å². The van der Waals surface area contributed by atoms with Gasteiger partial charge in [0.25, 0.3) is 5.91 Å². The second-order valence-electron chi connectivity index (χ2n) is 6.60. The molecule has 1 amide bonds. The number of carbonyl (C=O) groups is 2. The number of hydrogen-bond acceptors (Lipinski definition) is 7. The van der Waals surface area contributed by atoms with Gasteiger partial charge in [-0.25, -0.2) is 4.79 Å². The molecule has 1 aliphatic carbocycles. The van der Waals surface area contributed by atoms with E-state index < -0.39 is 5.91 Å². The number of hydrogen-bond donors (Lipinski definition) is 2. The third-order valence-electron chi connectivity index (χ3n) is 4.56. The summed E-state index contributed by atoms with van der Waals surface area (Å²) in [7, 11) is 1.58. The second-order valence-corrected chi connectivity index (χ2v) is 8.12. The summed E-state index contributed by atoms with van der Waals surface area (Å²) < 4.78 is 15.8. The Hall–Kier alpha value is -2.65. The molecule has 0 bridgehead atoms. The van der Waals surface area contributed by atoms with Gasteiger partial charge in [0.05, 0.1) is 19.3 Å².